The number of rotatable bonds is 3. The fourth-order valence-electron chi connectivity index (χ4n) is 1.33. The van der Waals surface area contributed by atoms with Gasteiger partial charge in [0.25, 0.3) is 0 Å². The van der Waals surface area contributed by atoms with E-state index in [1.165, 1.54) is 0 Å². The Morgan fingerprint density at radius 1 is 1.47 bits per heavy atom. The van der Waals surface area contributed by atoms with E-state index in [4.69, 9.17) is 10.5 Å². The van der Waals surface area contributed by atoms with E-state index >= 15 is 0 Å². The third kappa shape index (κ3) is 1.97. The predicted octanol–water partition coefficient (Wildman–Crippen LogP) is 0.996. The lowest BCUT2D eigenvalue weighted by atomic mass is 10.4. The molecular formula is C10H12N4O. The van der Waals surface area contributed by atoms with E-state index in [0.717, 1.165) is 5.69 Å². The lowest BCUT2D eigenvalue weighted by Gasteiger charge is -2.00. The van der Waals surface area contributed by atoms with E-state index in [9.17, 15) is 0 Å². The number of aromatic nitrogens is 3. The number of nitrogens with two attached hydrogens (primary N) is 1. The van der Waals surface area contributed by atoms with Crippen LogP contribution in [-0.4, -0.2) is 21.9 Å². The number of pyridine rings is 1. The van der Waals surface area contributed by atoms with Gasteiger partial charge in [-0.2, -0.15) is 9.78 Å². The third-order valence-electron chi connectivity index (χ3n) is 1.95. The van der Waals surface area contributed by atoms with Crippen LogP contribution in [0.1, 0.15) is 5.69 Å². The van der Waals surface area contributed by atoms with Gasteiger partial charge in [-0.25, -0.2) is 4.98 Å². The molecular weight excluding hydrogens is 192 g/mol. The predicted molar refractivity (Wildman–Crippen MR) is 56.5 cm³/mol. The molecule has 0 saturated heterocycles. The Morgan fingerprint density at radius 3 is 3.00 bits per heavy atom. The SMILES string of the molecule is COCc1cc(N)n(-c2ccccn2)n1. The summed E-state index contributed by atoms with van der Waals surface area (Å²) in [6.45, 7) is 0.448. The first-order valence-corrected chi connectivity index (χ1v) is 4.56. The van der Waals surface area contributed by atoms with E-state index in [1.807, 2.05) is 18.2 Å². The van der Waals surface area contributed by atoms with Crippen LogP contribution in [0, 0.1) is 0 Å². The smallest absolute Gasteiger partial charge is 0.155 e. The van der Waals surface area contributed by atoms with Gasteiger partial charge in [0.05, 0.1) is 12.3 Å². The van der Waals surface area contributed by atoms with E-state index < -0.39 is 0 Å². The number of anilines is 1. The zero-order valence-corrected chi connectivity index (χ0v) is 8.42. The number of hydrogen-bond donors (Lipinski definition) is 1. The molecule has 0 amide bonds. The number of methoxy groups -OCH3 is 1. The van der Waals surface area contributed by atoms with Crippen molar-refractivity contribution in [2.45, 2.75) is 6.61 Å². The van der Waals surface area contributed by atoms with Crippen LogP contribution >= 0.6 is 0 Å². The van der Waals surface area contributed by atoms with Crippen molar-refractivity contribution < 1.29 is 4.74 Å². The van der Waals surface area contributed by atoms with E-state index in [-0.39, 0.29) is 0 Å². The van der Waals surface area contributed by atoms with Gasteiger partial charge in [0.1, 0.15) is 5.82 Å². The molecule has 0 unspecified atom stereocenters. The summed E-state index contributed by atoms with van der Waals surface area (Å²) in [7, 11) is 1.62. The van der Waals surface area contributed by atoms with Crippen LogP contribution < -0.4 is 5.73 Å². The minimum Gasteiger partial charge on any atom is -0.384 e. The Hall–Kier alpha value is -1.88. The molecule has 0 aliphatic rings. The molecule has 78 valence electrons. The van der Waals surface area contributed by atoms with Crippen molar-refractivity contribution in [3.63, 3.8) is 0 Å². The molecule has 0 radical (unpaired) electrons. The van der Waals surface area contributed by atoms with Crippen molar-refractivity contribution in [3.8, 4) is 5.82 Å². The standard InChI is InChI=1S/C10H12N4O/c1-15-7-8-6-9(11)14(13-8)10-4-2-3-5-12-10/h2-6H,7,11H2,1H3. The van der Waals surface area contributed by atoms with Gasteiger partial charge >= 0.3 is 0 Å². The minimum atomic E-state index is 0.448. The van der Waals surface area contributed by atoms with Crippen molar-refractivity contribution in [3.05, 3.63) is 36.2 Å². The van der Waals surface area contributed by atoms with Gasteiger partial charge < -0.3 is 10.5 Å². The molecule has 2 N–H and O–H groups in total. The van der Waals surface area contributed by atoms with Gasteiger partial charge in [0, 0.05) is 19.4 Å². The summed E-state index contributed by atoms with van der Waals surface area (Å²) >= 11 is 0. The zero-order chi connectivity index (χ0) is 10.7. The Kier molecular flexibility index (Phi) is 2.64. The Labute approximate surface area is 87.5 Å². The highest BCUT2D eigenvalue weighted by molar-refractivity contribution is 5.38. The van der Waals surface area contributed by atoms with Crippen LogP contribution in [0.25, 0.3) is 5.82 Å². The molecule has 0 aromatic carbocycles. The fourth-order valence-corrected chi connectivity index (χ4v) is 1.33. The summed E-state index contributed by atoms with van der Waals surface area (Å²) in [6, 6.07) is 7.36. The van der Waals surface area contributed by atoms with Crippen LogP contribution in [0.2, 0.25) is 0 Å². The molecule has 0 spiro atoms. The van der Waals surface area contributed by atoms with Crippen LogP contribution in [0.5, 0.6) is 0 Å². The van der Waals surface area contributed by atoms with Crippen molar-refractivity contribution in [1.29, 1.82) is 0 Å². The average molecular weight is 204 g/mol. The van der Waals surface area contributed by atoms with Crippen LogP contribution in [0.15, 0.2) is 30.5 Å². The molecule has 2 aromatic rings. The van der Waals surface area contributed by atoms with Gasteiger partial charge in [0.2, 0.25) is 0 Å². The van der Waals surface area contributed by atoms with Crippen LogP contribution in [0.3, 0.4) is 0 Å². The van der Waals surface area contributed by atoms with Gasteiger partial charge in [-0.15, -0.1) is 0 Å². The molecule has 0 saturated carbocycles. The number of ether oxygens (including phenoxy) is 1. The summed E-state index contributed by atoms with van der Waals surface area (Å²) in [5.74, 6) is 1.26. The molecule has 2 aromatic heterocycles. The molecule has 0 aliphatic carbocycles. The first-order valence-electron chi connectivity index (χ1n) is 4.56. The molecule has 2 rings (SSSR count). The van der Waals surface area contributed by atoms with Crippen molar-refractivity contribution in [2.75, 3.05) is 12.8 Å². The summed E-state index contributed by atoms with van der Waals surface area (Å²) in [6.07, 6.45) is 1.70. The first-order chi connectivity index (χ1) is 7.31. The second-order valence-electron chi connectivity index (χ2n) is 3.09. The summed E-state index contributed by atoms with van der Waals surface area (Å²) in [4.78, 5) is 4.16. The summed E-state index contributed by atoms with van der Waals surface area (Å²) in [5.41, 5.74) is 6.60. The van der Waals surface area contributed by atoms with Gasteiger partial charge in [-0.3, -0.25) is 0 Å². The molecule has 2 heterocycles. The molecule has 5 heteroatoms. The normalized spacial score (nSPS) is 10.5. The number of hydrogen-bond acceptors (Lipinski definition) is 4. The maximum Gasteiger partial charge on any atom is 0.155 e. The maximum absolute atomic E-state index is 5.81. The Morgan fingerprint density at radius 2 is 2.33 bits per heavy atom. The molecule has 15 heavy (non-hydrogen) atoms. The Balaban J connectivity index is 2.36. The number of nitrogen functional groups attached to an aromatic ring is 1. The largest absolute Gasteiger partial charge is 0.384 e. The quantitative estimate of drug-likeness (QED) is 0.809. The molecule has 0 atom stereocenters. The second kappa shape index (κ2) is 4.10. The average Bonchev–Trinajstić information content (AvgIpc) is 2.61. The lowest BCUT2D eigenvalue weighted by Crippen LogP contribution is -2.03. The summed E-state index contributed by atoms with van der Waals surface area (Å²) in [5, 5.41) is 4.27. The highest BCUT2D eigenvalue weighted by Crippen LogP contribution is 2.12. The maximum atomic E-state index is 5.81. The topological polar surface area (TPSA) is 66.0 Å². The molecule has 5 nitrogen and oxygen atoms in total. The van der Waals surface area contributed by atoms with Gasteiger partial charge in [0.15, 0.2) is 5.82 Å². The minimum absolute atomic E-state index is 0.448. The van der Waals surface area contributed by atoms with Crippen molar-refractivity contribution in [2.24, 2.45) is 0 Å². The van der Waals surface area contributed by atoms with Crippen LogP contribution in [0.4, 0.5) is 5.82 Å². The van der Waals surface area contributed by atoms with E-state index in [1.54, 1.807) is 24.1 Å². The van der Waals surface area contributed by atoms with Crippen LogP contribution in [-0.2, 0) is 11.3 Å². The fraction of sp³-hybridized carbons (Fsp3) is 0.200. The molecule has 0 bridgehead atoms. The highest BCUT2D eigenvalue weighted by Gasteiger charge is 2.06. The van der Waals surface area contributed by atoms with Crippen molar-refractivity contribution in [1.82, 2.24) is 14.8 Å². The molecule has 0 fully saturated rings. The first kappa shape index (κ1) is 9.67. The molecule has 0 aliphatic heterocycles. The van der Waals surface area contributed by atoms with Gasteiger partial charge in [-0.05, 0) is 12.1 Å². The second-order valence-corrected chi connectivity index (χ2v) is 3.09. The highest BCUT2D eigenvalue weighted by atomic mass is 16.5. The summed E-state index contributed by atoms with van der Waals surface area (Å²) < 4.78 is 6.57. The van der Waals surface area contributed by atoms with E-state index in [0.29, 0.717) is 18.2 Å². The van der Waals surface area contributed by atoms with Crippen molar-refractivity contribution >= 4 is 5.82 Å². The Bertz CT molecular complexity index is 438. The zero-order valence-electron chi connectivity index (χ0n) is 8.42. The lowest BCUT2D eigenvalue weighted by molar-refractivity contribution is 0.181. The monoisotopic (exact) mass is 204 g/mol. The number of nitrogens with zero attached hydrogens (tertiary/aromatic N) is 3. The van der Waals surface area contributed by atoms with Gasteiger partial charge in [-0.1, -0.05) is 6.07 Å². The third-order valence-corrected chi connectivity index (χ3v) is 1.95. The van der Waals surface area contributed by atoms with E-state index in [2.05, 4.69) is 10.1 Å².